The summed E-state index contributed by atoms with van der Waals surface area (Å²) < 4.78 is 56.8. The van der Waals surface area contributed by atoms with Gasteiger partial charge in [0.1, 0.15) is 11.6 Å². The summed E-state index contributed by atoms with van der Waals surface area (Å²) in [6, 6.07) is 14.5. The highest BCUT2D eigenvalue weighted by Crippen LogP contribution is 2.33. The molecule has 0 heterocycles. The topological polar surface area (TPSA) is 0 Å². The molecule has 0 saturated heterocycles. The molecule has 5 heteroatoms. The second-order valence-corrected chi connectivity index (χ2v) is 6.81. The van der Waals surface area contributed by atoms with Crippen molar-refractivity contribution in [2.45, 2.75) is 19.8 Å². The maximum atomic E-state index is 14.5. The first-order valence-corrected chi connectivity index (χ1v) is 9.18. The van der Waals surface area contributed by atoms with Gasteiger partial charge in [0.2, 0.25) is 0 Å². The van der Waals surface area contributed by atoms with Crippen molar-refractivity contribution in [2.24, 2.45) is 0 Å². The van der Waals surface area contributed by atoms with Gasteiger partial charge in [0.15, 0.2) is 11.7 Å². The molecule has 0 bridgehead atoms. The SMILES string of the molecule is CCCc1ccc(-c2ccc(/C(F)=C(\F)c3ccc(Cl)c(F)c3)c(F)c2)cc1. The van der Waals surface area contributed by atoms with Crippen LogP contribution in [-0.2, 0) is 6.42 Å². The molecule has 0 atom stereocenters. The number of hydrogen-bond donors (Lipinski definition) is 0. The lowest BCUT2D eigenvalue weighted by atomic mass is 10.00. The molecule has 0 N–H and O–H groups in total. The summed E-state index contributed by atoms with van der Waals surface area (Å²) >= 11 is 5.54. The molecule has 0 radical (unpaired) electrons. The zero-order valence-electron chi connectivity index (χ0n) is 15.1. The predicted molar refractivity (Wildman–Crippen MR) is 106 cm³/mol. The Morgan fingerprint density at radius 1 is 0.786 bits per heavy atom. The quantitative estimate of drug-likeness (QED) is 0.298. The van der Waals surface area contributed by atoms with E-state index in [9.17, 15) is 17.6 Å². The predicted octanol–water partition coefficient (Wildman–Crippen LogP) is 8.00. The third-order valence-corrected chi connectivity index (χ3v) is 4.70. The Morgan fingerprint density at radius 3 is 2.07 bits per heavy atom. The van der Waals surface area contributed by atoms with E-state index in [-0.39, 0.29) is 10.6 Å². The van der Waals surface area contributed by atoms with E-state index in [0.29, 0.717) is 5.56 Å². The Balaban J connectivity index is 1.93. The third kappa shape index (κ3) is 4.28. The minimum Gasteiger partial charge on any atom is -0.206 e. The van der Waals surface area contributed by atoms with Crippen LogP contribution in [0.5, 0.6) is 0 Å². The molecule has 0 aliphatic rings. The van der Waals surface area contributed by atoms with E-state index in [2.05, 4.69) is 6.92 Å². The van der Waals surface area contributed by atoms with Crippen molar-refractivity contribution < 1.29 is 17.6 Å². The highest BCUT2D eigenvalue weighted by molar-refractivity contribution is 6.30. The molecule has 3 rings (SSSR count). The van der Waals surface area contributed by atoms with E-state index in [1.807, 2.05) is 24.3 Å². The standard InChI is InChI=1S/C23H17ClF4/c1-2-3-14-4-6-15(7-5-14)16-8-10-18(20(25)12-16)23(28)22(27)17-9-11-19(24)21(26)13-17/h4-13H,2-3H2,1H3/b23-22+. The first-order chi connectivity index (χ1) is 13.4. The maximum Gasteiger partial charge on any atom is 0.169 e. The lowest BCUT2D eigenvalue weighted by molar-refractivity contribution is 0.611. The number of aryl methyl sites for hydroxylation is 1. The summed E-state index contributed by atoms with van der Waals surface area (Å²) in [6.45, 7) is 2.08. The molecule has 3 aromatic rings. The van der Waals surface area contributed by atoms with Gasteiger partial charge in [-0.25, -0.2) is 17.6 Å². The minimum absolute atomic E-state index is 0.211. The van der Waals surface area contributed by atoms with Crippen LogP contribution in [0.25, 0.3) is 22.8 Å². The molecule has 0 saturated carbocycles. The van der Waals surface area contributed by atoms with Crippen LogP contribution < -0.4 is 0 Å². The molecule has 0 aliphatic carbocycles. The van der Waals surface area contributed by atoms with Gasteiger partial charge < -0.3 is 0 Å². The van der Waals surface area contributed by atoms with E-state index in [4.69, 9.17) is 11.6 Å². The van der Waals surface area contributed by atoms with Crippen LogP contribution >= 0.6 is 11.6 Å². The smallest absolute Gasteiger partial charge is 0.169 e. The van der Waals surface area contributed by atoms with Crippen molar-refractivity contribution in [2.75, 3.05) is 0 Å². The number of hydrogen-bond acceptors (Lipinski definition) is 0. The molecule has 0 aliphatic heterocycles. The van der Waals surface area contributed by atoms with E-state index in [1.165, 1.54) is 17.7 Å². The van der Waals surface area contributed by atoms with Crippen LogP contribution in [0, 0.1) is 11.6 Å². The number of halogens is 5. The average molecular weight is 405 g/mol. The van der Waals surface area contributed by atoms with Crippen molar-refractivity contribution in [1.82, 2.24) is 0 Å². The van der Waals surface area contributed by atoms with Crippen LogP contribution in [-0.4, -0.2) is 0 Å². The highest BCUT2D eigenvalue weighted by Gasteiger charge is 2.17. The fraction of sp³-hybridized carbons (Fsp3) is 0.130. The molecular formula is C23H17ClF4. The Hall–Kier alpha value is -2.59. The van der Waals surface area contributed by atoms with E-state index in [0.717, 1.165) is 42.7 Å². The Bertz CT molecular complexity index is 1020. The lowest BCUT2D eigenvalue weighted by Crippen LogP contribution is -1.92. The average Bonchev–Trinajstić information content (AvgIpc) is 2.70. The molecule has 3 aromatic carbocycles. The van der Waals surface area contributed by atoms with Crippen molar-refractivity contribution >= 4 is 23.3 Å². The summed E-state index contributed by atoms with van der Waals surface area (Å²) in [6.07, 6.45) is 1.98. The third-order valence-electron chi connectivity index (χ3n) is 4.40. The van der Waals surface area contributed by atoms with Crippen LogP contribution in [0.3, 0.4) is 0 Å². The number of rotatable bonds is 5. The Kier molecular flexibility index (Phi) is 6.20. The van der Waals surface area contributed by atoms with Crippen LogP contribution in [0.1, 0.15) is 30.0 Å². The molecular weight excluding hydrogens is 388 g/mol. The summed E-state index contributed by atoms with van der Waals surface area (Å²) in [4.78, 5) is 0. The second kappa shape index (κ2) is 8.61. The highest BCUT2D eigenvalue weighted by atomic mass is 35.5. The first-order valence-electron chi connectivity index (χ1n) is 8.80. The first kappa shape index (κ1) is 20.2. The molecule has 0 fully saturated rings. The fourth-order valence-corrected chi connectivity index (χ4v) is 3.02. The second-order valence-electron chi connectivity index (χ2n) is 6.40. The van der Waals surface area contributed by atoms with Crippen molar-refractivity contribution in [1.29, 1.82) is 0 Å². The molecule has 28 heavy (non-hydrogen) atoms. The lowest BCUT2D eigenvalue weighted by Gasteiger charge is -2.08. The van der Waals surface area contributed by atoms with Crippen molar-refractivity contribution in [3.05, 3.63) is 94.0 Å². The largest absolute Gasteiger partial charge is 0.206 e. The van der Waals surface area contributed by atoms with Crippen LogP contribution in [0.4, 0.5) is 17.6 Å². The zero-order chi connectivity index (χ0) is 20.3. The van der Waals surface area contributed by atoms with Gasteiger partial charge in [0.25, 0.3) is 0 Å². The number of benzene rings is 3. The van der Waals surface area contributed by atoms with Crippen molar-refractivity contribution in [3.8, 4) is 11.1 Å². The zero-order valence-corrected chi connectivity index (χ0v) is 15.8. The molecule has 144 valence electrons. The van der Waals surface area contributed by atoms with Gasteiger partial charge in [-0.2, -0.15) is 0 Å². The molecule has 0 nitrogen and oxygen atoms in total. The molecule has 0 spiro atoms. The minimum atomic E-state index is -1.40. The monoisotopic (exact) mass is 404 g/mol. The van der Waals surface area contributed by atoms with Crippen LogP contribution in [0.15, 0.2) is 60.7 Å². The van der Waals surface area contributed by atoms with E-state index < -0.39 is 28.9 Å². The summed E-state index contributed by atoms with van der Waals surface area (Å²) in [5.74, 6) is -4.54. The van der Waals surface area contributed by atoms with E-state index >= 15 is 0 Å². The Morgan fingerprint density at radius 2 is 1.46 bits per heavy atom. The summed E-state index contributed by atoms with van der Waals surface area (Å²) in [7, 11) is 0. The van der Waals surface area contributed by atoms with Gasteiger partial charge in [-0.1, -0.05) is 61.3 Å². The molecule has 0 amide bonds. The maximum absolute atomic E-state index is 14.5. The van der Waals surface area contributed by atoms with Gasteiger partial charge in [-0.05, 0) is 47.4 Å². The molecule has 0 aromatic heterocycles. The molecule has 0 unspecified atom stereocenters. The summed E-state index contributed by atoms with van der Waals surface area (Å²) in [5, 5.41) is -0.211. The normalized spacial score (nSPS) is 12.1. The fourth-order valence-electron chi connectivity index (χ4n) is 2.90. The van der Waals surface area contributed by atoms with Gasteiger partial charge in [-0.15, -0.1) is 0 Å². The van der Waals surface area contributed by atoms with Crippen molar-refractivity contribution in [3.63, 3.8) is 0 Å². The van der Waals surface area contributed by atoms with Gasteiger partial charge in [0.05, 0.1) is 5.02 Å². The van der Waals surface area contributed by atoms with Gasteiger partial charge in [0, 0.05) is 11.1 Å². The van der Waals surface area contributed by atoms with Crippen LogP contribution in [0.2, 0.25) is 5.02 Å². The van der Waals surface area contributed by atoms with E-state index in [1.54, 1.807) is 0 Å². The summed E-state index contributed by atoms with van der Waals surface area (Å²) in [5.41, 5.74) is 1.62. The Labute approximate surface area is 166 Å². The van der Waals surface area contributed by atoms with Gasteiger partial charge in [-0.3, -0.25) is 0 Å². The van der Waals surface area contributed by atoms with Gasteiger partial charge >= 0.3 is 0 Å².